The molecule has 1 saturated heterocycles. The Morgan fingerprint density at radius 3 is 2.89 bits per heavy atom. The molecule has 0 radical (unpaired) electrons. The van der Waals surface area contributed by atoms with Gasteiger partial charge in [-0.1, -0.05) is 24.3 Å². The average Bonchev–Trinajstić information content (AvgIpc) is 3.38. The molecule has 1 fully saturated rings. The average molecular weight is 374 g/mol. The minimum Gasteiger partial charge on any atom is -0.497 e. The summed E-state index contributed by atoms with van der Waals surface area (Å²) in [6, 6.07) is 14.3. The second-order valence-corrected chi connectivity index (χ2v) is 7.14. The zero-order chi connectivity index (χ0) is 19.1. The summed E-state index contributed by atoms with van der Waals surface area (Å²) in [6.07, 6.45) is 1.06. The molecule has 0 unspecified atom stereocenters. The number of hydrogen-bond acceptors (Lipinski definition) is 6. The molecule has 0 bridgehead atoms. The number of fused-ring (bicyclic) bond motifs is 3. The number of anilines is 1. The number of aromatic nitrogens is 4. The number of ether oxygens (including phenoxy) is 1. The van der Waals surface area contributed by atoms with Crippen molar-refractivity contribution in [2.45, 2.75) is 19.4 Å². The summed E-state index contributed by atoms with van der Waals surface area (Å²) >= 11 is 0. The van der Waals surface area contributed by atoms with Gasteiger partial charge in [-0.05, 0) is 43.7 Å². The van der Waals surface area contributed by atoms with Crippen molar-refractivity contribution in [1.82, 2.24) is 24.9 Å². The fraction of sp³-hybridized carbons (Fsp3) is 0.286. The van der Waals surface area contributed by atoms with Crippen molar-refractivity contribution >= 4 is 22.5 Å². The van der Waals surface area contributed by atoms with E-state index in [9.17, 15) is 0 Å². The first kappa shape index (κ1) is 16.9. The quantitative estimate of drug-likeness (QED) is 0.572. The summed E-state index contributed by atoms with van der Waals surface area (Å²) in [7, 11) is 1.66. The van der Waals surface area contributed by atoms with Gasteiger partial charge in [-0.15, -0.1) is 5.10 Å². The Hall–Kier alpha value is -3.19. The molecule has 28 heavy (non-hydrogen) atoms. The molecule has 1 atom stereocenters. The second kappa shape index (κ2) is 6.76. The van der Waals surface area contributed by atoms with E-state index in [1.165, 1.54) is 0 Å². The molecule has 0 spiro atoms. The lowest BCUT2D eigenvalue weighted by atomic mass is 10.1. The highest BCUT2D eigenvalue weighted by molar-refractivity contribution is 5.95. The highest BCUT2D eigenvalue weighted by Gasteiger charge is 2.20. The smallest absolute Gasteiger partial charge is 0.226 e. The van der Waals surface area contributed by atoms with E-state index in [0.717, 1.165) is 58.9 Å². The van der Waals surface area contributed by atoms with Crippen molar-refractivity contribution in [1.29, 1.82) is 0 Å². The van der Waals surface area contributed by atoms with Crippen molar-refractivity contribution in [3.63, 3.8) is 0 Å². The van der Waals surface area contributed by atoms with Crippen LogP contribution >= 0.6 is 0 Å². The van der Waals surface area contributed by atoms with Crippen LogP contribution < -0.4 is 15.4 Å². The van der Waals surface area contributed by atoms with Crippen LogP contribution in [0.3, 0.4) is 0 Å². The summed E-state index contributed by atoms with van der Waals surface area (Å²) in [6.45, 7) is 4.02. The third-order valence-corrected chi connectivity index (χ3v) is 5.23. The zero-order valence-electron chi connectivity index (χ0n) is 15.9. The number of nitrogens with one attached hydrogen (secondary N) is 2. The van der Waals surface area contributed by atoms with Crippen LogP contribution in [0.1, 0.15) is 12.0 Å². The van der Waals surface area contributed by atoms with Gasteiger partial charge in [-0.3, -0.25) is 0 Å². The van der Waals surface area contributed by atoms with Crippen molar-refractivity contribution < 1.29 is 4.74 Å². The Morgan fingerprint density at radius 2 is 2.07 bits per heavy atom. The number of methoxy groups -OCH3 is 1. The van der Waals surface area contributed by atoms with Crippen LogP contribution in [0, 0.1) is 6.92 Å². The number of rotatable bonds is 4. The minimum atomic E-state index is 0.336. The summed E-state index contributed by atoms with van der Waals surface area (Å²) < 4.78 is 7.19. The van der Waals surface area contributed by atoms with Gasteiger partial charge in [0.25, 0.3) is 0 Å². The Kier molecular flexibility index (Phi) is 4.09. The maximum absolute atomic E-state index is 5.36. The maximum Gasteiger partial charge on any atom is 0.226 e. The predicted octanol–water partition coefficient (Wildman–Crippen LogP) is 3.04. The molecule has 7 nitrogen and oxygen atoms in total. The lowest BCUT2D eigenvalue weighted by Gasteiger charge is -2.14. The van der Waals surface area contributed by atoms with Crippen LogP contribution in [0.5, 0.6) is 5.75 Å². The fourth-order valence-electron chi connectivity index (χ4n) is 3.76. The number of benzene rings is 2. The van der Waals surface area contributed by atoms with E-state index < -0.39 is 0 Å². The number of hydrogen-bond donors (Lipinski definition) is 2. The first-order chi connectivity index (χ1) is 13.7. The molecule has 1 aliphatic rings. The third-order valence-electron chi connectivity index (χ3n) is 5.23. The summed E-state index contributed by atoms with van der Waals surface area (Å²) in [5, 5.41) is 12.7. The van der Waals surface area contributed by atoms with E-state index in [1.807, 2.05) is 40.9 Å². The largest absolute Gasteiger partial charge is 0.497 e. The molecule has 142 valence electrons. The van der Waals surface area contributed by atoms with Gasteiger partial charge in [0.1, 0.15) is 5.75 Å². The van der Waals surface area contributed by atoms with Gasteiger partial charge in [0, 0.05) is 23.5 Å². The van der Waals surface area contributed by atoms with Gasteiger partial charge in [0.05, 0.1) is 12.6 Å². The number of nitrogens with zero attached hydrogens (tertiary/aromatic N) is 4. The van der Waals surface area contributed by atoms with E-state index in [2.05, 4.69) is 23.6 Å². The highest BCUT2D eigenvalue weighted by Crippen LogP contribution is 2.28. The molecule has 1 aliphatic heterocycles. The molecule has 0 amide bonds. The monoisotopic (exact) mass is 374 g/mol. The molecule has 2 N–H and O–H groups in total. The first-order valence-corrected chi connectivity index (χ1v) is 9.51. The Labute approximate surface area is 162 Å². The Bertz CT molecular complexity index is 1160. The summed E-state index contributed by atoms with van der Waals surface area (Å²) in [5.74, 6) is 2.17. The van der Waals surface area contributed by atoms with Gasteiger partial charge in [-0.25, -0.2) is 9.97 Å². The lowest BCUT2D eigenvalue weighted by Crippen LogP contribution is -2.24. The summed E-state index contributed by atoms with van der Waals surface area (Å²) in [4.78, 5) is 9.75. The number of aryl methyl sites for hydroxylation is 1. The fourth-order valence-corrected chi connectivity index (χ4v) is 3.76. The molecular weight excluding hydrogens is 352 g/mol. The normalized spacial score (nSPS) is 16.7. The van der Waals surface area contributed by atoms with Crippen LogP contribution in [0.15, 0.2) is 42.5 Å². The van der Waals surface area contributed by atoms with Crippen molar-refractivity contribution in [3.05, 3.63) is 48.0 Å². The molecule has 0 aliphatic carbocycles. The predicted molar refractivity (Wildman–Crippen MR) is 110 cm³/mol. The van der Waals surface area contributed by atoms with Crippen molar-refractivity contribution in [2.75, 3.05) is 25.5 Å². The summed E-state index contributed by atoms with van der Waals surface area (Å²) in [5.41, 5.74) is 3.78. The molecule has 2 aromatic heterocycles. The molecule has 3 heterocycles. The van der Waals surface area contributed by atoms with Gasteiger partial charge in [0.2, 0.25) is 5.95 Å². The van der Waals surface area contributed by atoms with E-state index >= 15 is 0 Å². The van der Waals surface area contributed by atoms with Crippen LogP contribution in [-0.4, -0.2) is 45.8 Å². The lowest BCUT2D eigenvalue weighted by molar-refractivity contribution is 0.415. The highest BCUT2D eigenvalue weighted by atomic mass is 16.5. The maximum atomic E-state index is 5.36. The molecule has 0 saturated carbocycles. The van der Waals surface area contributed by atoms with Gasteiger partial charge < -0.3 is 15.4 Å². The van der Waals surface area contributed by atoms with Crippen molar-refractivity contribution in [2.24, 2.45) is 0 Å². The molecule has 7 heteroatoms. The van der Waals surface area contributed by atoms with Crippen LogP contribution in [0.2, 0.25) is 0 Å². The standard InChI is InChI=1S/C21H22N6O/c1-13-5-3-8-17-18(13)20-25-19(14-6-4-7-16(11-14)28-2)26-27(20)21(24-17)23-15-9-10-22-12-15/h3-8,11,15,22H,9-10,12H2,1-2H3,(H,23,24)/t15-/m1/s1. The minimum absolute atomic E-state index is 0.336. The van der Waals surface area contributed by atoms with Gasteiger partial charge in [-0.2, -0.15) is 4.52 Å². The third kappa shape index (κ3) is 2.84. The van der Waals surface area contributed by atoms with E-state index in [4.69, 9.17) is 19.8 Å². The van der Waals surface area contributed by atoms with E-state index in [1.54, 1.807) is 7.11 Å². The Balaban J connectivity index is 1.73. The van der Waals surface area contributed by atoms with E-state index in [0.29, 0.717) is 11.9 Å². The Morgan fingerprint density at radius 1 is 1.18 bits per heavy atom. The first-order valence-electron chi connectivity index (χ1n) is 9.51. The van der Waals surface area contributed by atoms with Crippen LogP contribution in [-0.2, 0) is 0 Å². The SMILES string of the molecule is COc1cccc(-c2nc3c4c(C)cccc4nc(N[C@@H]4CCNC4)n3n2)c1. The van der Waals surface area contributed by atoms with Gasteiger partial charge in [0.15, 0.2) is 11.5 Å². The molecular formula is C21H22N6O. The topological polar surface area (TPSA) is 76.4 Å². The second-order valence-electron chi connectivity index (χ2n) is 7.14. The zero-order valence-corrected chi connectivity index (χ0v) is 15.9. The van der Waals surface area contributed by atoms with Crippen LogP contribution in [0.25, 0.3) is 27.9 Å². The molecule has 2 aromatic carbocycles. The molecule has 4 aromatic rings. The molecule has 5 rings (SSSR count). The van der Waals surface area contributed by atoms with Crippen LogP contribution in [0.4, 0.5) is 5.95 Å². The van der Waals surface area contributed by atoms with Crippen molar-refractivity contribution in [3.8, 4) is 17.1 Å². The van der Waals surface area contributed by atoms with Gasteiger partial charge >= 0.3 is 0 Å². The van der Waals surface area contributed by atoms with E-state index in [-0.39, 0.29) is 0 Å².